The summed E-state index contributed by atoms with van der Waals surface area (Å²) in [6, 6.07) is 20.4. The molecule has 25 heavy (non-hydrogen) atoms. The van der Waals surface area contributed by atoms with Crippen molar-refractivity contribution in [2.45, 2.75) is 0 Å². The molecule has 0 amide bonds. The van der Waals surface area contributed by atoms with Crippen LogP contribution < -0.4 is 4.74 Å². The van der Waals surface area contributed by atoms with Gasteiger partial charge in [0.2, 0.25) is 0 Å². The Morgan fingerprint density at radius 2 is 1.56 bits per heavy atom. The van der Waals surface area contributed by atoms with Crippen LogP contribution in [0.4, 0.5) is 5.69 Å². The molecule has 5 nitrogen and oxygen atoms in total. The van der Waals surface area contributed by atoms with Crippen molar-refractivity contribution in [1.29, 1.82) is 0 Å². The van der Waals surface area contributed by atoms with Gasteiger partial charge in [-0.05, 0) is 29.3 Å². The maximum absolute atomic E-state index is 12.2. The number of halogens is 1. The highest BCUT2D eigenvalue weighted by molar-refractivity contribution is 6.33. The lowest BCUT2D eigenvalue weighted by Gasteiger charge is -2.07. The van der Waals surface area contributed by atoms with Crippen LogP contribution in [0.25, 0.3) is 11.1 Å². The van der Waals surface area contributed by atoms with E-state index in [1.54, 1.807) is 12.1 Å². The summed E-state index contributed by atoms with van der Waals surface area (Å²) in [7, 11) is 0. The number of rotatable bonds is 4. The van der Waals surface area contributed by atoms with Crippen LogP contribution in [-0.4, -0.2) is 10.9 Å². The van der Waals surface area contributed by atoms with E-state index in [2.05, 4.69) is 0 Å². The Kier molecular flexibility index (Phi) is 4.77. The van der Waals surface area contributed by atoms with Gasteiger partial charge in [-0.3, -0.25) is 10.1 Å². The fraction of sp³-hybridized carbons (Fsp3) is 0. The molecule has 0 fully saturated rings. The molecule has 0 aliphatic heterocycles. The van der Waals surface area contributed by atoms with Crippen molar-refractivity contribution in [1.82, 2.24) is 0 Å². The van der Waals surface area contributed by atoms with Gasteiger partial charge in [-0.2, -0.15) is 0 Å². The van der Waals surface area contributed by atoms with E-state index >= 15 is 0 Å². The lowest BCUT2D eigenvalue weighted by molar-refractivity contribution is -0.384. The Labute approximate surface area is 148 Å². The third-order valence-electron chi connectivity index (χ3n) is 3.55. The number of nitrogens with zero attached hydrogens (tertiary/aromatic N) is 1. The van der Waals surface area contributed by atoms with E-state index in [9.17, 15) is 14.9 Å². The zero-order valence-corrected chi connectivity index (χ0v) is 13.6. The summed E-state index contributed by atoms with van der Waals surface area (Å²) >= 11 is 5.94. The normalized spacial score (nSPS) is 10.3. The largest absolute Gasteiger partial charge is 0.423 e. The van der Waals surface area contributed by atoms with Crippen molar-refractivity contribution >= 4 is 23.3 Å². The number of nitro groups is 1. The van der Waals surface area contributed by atoms with E-state index in [1.807, 2.05) is 42.5 Å². The van der Waals surface area contributed by atoms with Gasteiger partial charge >= 0.3 is 5.97 Å². The van der Waals surface area contributed by atoms with Crippen LogP contribution in [0.2, 0.25) is 5.02 Å². The topological polar surface area (TPSA) is 69.4 Å². The van der Waals surface area contributed by atoms with E-state index in [0.29, 0.717) is 5.75 Å². The number of benzene rings is 3. The molecule has 0 saturated carbocycles. The second-order valence-electron chi connectivity index (χ2n) is 5.20. The number of hydrogen-bond acceptors (Lipinski definition) is 4. The molecule has 0 saturated heterocycles. The van der Waals surface area contributed by atoms with Gasteiger partial charge in [-0.1, -0.05) is 54.1 Å². The number of carbonyl (C=O) groups excluding carboxylic acids is 1. The van der Waals surface area contributed by atoms with Crippen molar-refractivity contribution in [3.63, 3.8) is 0 Å². The molecule has 6 heteroatoms. The summed E-state index contributed by atoms with van der Waals surface area (Å²) in [4.78, 5) is 22.5. The molecule has 0 N–H and O–H groups in total. The van der Waals surface area contributed by atoms with Gasteiger partial charge in [0.25, 0.3) is 5.69 Å². The minimum Gasteiger partial charge on any atom is -0.423 e. The zero-order chi connectivity index (χ0) is 17.8. The van der Waals surface area contributed by atoms with Crippen LogP contribution in [0, 0.1) is 10.1 Å². The molecular formula is C19H12ClNO4. The van der Waals surface area contributed by atoms with Gasteiger partial charge in [-0.15, -0.1) is 0 Å². The molecule has 0 unspecified atom stereocenters. The van der Waals surface area contributed by atoms with Gasteiger partial charge < -0.3 is 4.74 Å². The monoisotopic (exact) mass is 353 g/mol. The summed E-state index contributed by atoms with van der Waals surface area (Å²) in [5.74, 6) is -0.423. The standard InChI is InChI=1S/C19H12ClNO4/c20-18-11-8-15(21(23)24)12-17(18)19(22)25-16-9-6-14(7-10-16)13-4-2-1-3-5-13/h1-12H. The molecule has 3 rings (SSSR count). The van der Waals surface area contributed by atoms with Gasteiger partial charge in [0.15, 0.2) is 0 Å². The van der Waals surface area contributed by atoms with Crippen molar-refractivity contribution in [2.24, 2.45) is 0 Å². The smallest absolute Gasteiger partial charge is 0.345 e. The van der Waals surface area contributed by atoms with Crippen LogP contribution in [0.5, 0.6) is 5.75 Å². The molecular weight excluding hydrogens is 342 g/mol. The van der Waals surface area contributed by atoms with Gasteiger partial charge in [0.1, 0.15) is 5.75 Å². The molecule has 0 bridgehead atoms. The number of hydrogen-bond donors (Lipinski definition) is 0. The number of nitro benzene ring substituents is 1. The third kappa shape index (κ3) is 3.84. The molecule has 0 aliphatic carbocycles. The second kappa shape index (κ2) is 7.15. The predicted molar refractivity (Wildman–Crippen MR) is 94.9 cm³/mol. The second-order valence-corrected chi connectivity index (χ2v) is 5.61. The highest BCUT2D eigenvalue weighted by Gasteiger charge is 2.17. The minimum atomic E-state index is -0.749. The summed E-state index contributed by atoms with van der Waals surface area (Å²) < 4.78 is 5.26. The van der Waals surface area contributed by atoms with E-state index in [-0.39, 0.29) is 16.3 Å². The van der Waals surface area contributed by atoms with Crippen LogP contribution in [0.1, 0.15) is 10.4 Å². The highest BCUT2D eigenvalue weighted by Crippen LogP contribution is 2.25. The fourth-order valence-electron chi connectivity index (χ4n) is 2.29. The first-order chi connectivity index (χ1) is 12.0. The molecule has 0 atom stereocenters. The zero-order valence-electron chi connectivity index (χ0n) is 12.9. The summed E-state index contributed by atoms with van der Waals surface area (Å²) in [5, 5.41) is 10.9. The van der Waals surface area contributed by atoms with Crippen LogP contribution in [-0.2, 0) is 0 Å². The maximum Gasteiger partial charge on any atom is 0.345 e. The molecule has 0 spiro atoms. The first-order valence-corrected chi connectivity index (χ1v) is 7.74. The SMILES string of the molecule is O=C(Oc1ccc(-c2ccccc2)cc1)c1cc([N+](=O)[O-])ccc1Cl. The third-order valence-corrected chi connectivity index (χ3v) is 3.88. The average molecular weight is 354 g/mol. The average Bonchev–Trinajstić information content (AvgIpc) is 2.63. The highest BCUT2D eigenvalue weighted by atomic mass is 35.5. The molecule has 0 aliphatic rings. The van der Waals surface area contributed by atoms with Crippen LogP contribution in [0.3, 0.4) is 0 Å². The van der Waals surface area contributed by atoms with Crippen molar-refractivity contribution in [2.75, 3.05) is 0 Å². The summed E-state index contributed by atoms with van der Waals surface area (Å²) in [6.45, 7) is 0. The van der Waals surface area contributed by atoms with Gasteiger partial charge in [-0.25, -0.2) is 4.79 Å². The Balaban J connectivity index is 1.80. The number of non-ortho nitro benzene ring substituents is 1. The van der Waals surface area contributed by atoms with E-state index < -0.39 is 10.9 Å². The van der Waals surface area contributed by atoms with E-state index in [4.69, 9.17) is 16.3 Å². The Bertz CT molecular complexity index is 924. The number of ether oxygens (including phenoxy) is 1. The molecule has 0 radical (unpaired) electrons. The van der Waals surface area contributed by atoms with Crippen molar-refractivity contribution in [3.8, 4) is 16.9 Å². The fourth-order valence-corrected chi connectivity index (χ4v) is 2.49. The Hall–Kier alpha value is -3.18. The van der Waals surface area contributed by atoms with Gasteiger partial charge in [0, 0.05) is 12.1 Å². The first-order valence-electron chi connectivity index (χ1n) is 7.36. The van der Waals surface area contributed by atoms with Gasteiger partial charge in [0.05, 0.1) is 15.5 Å². The van der Waals surface area contributed by atoms with E-state index in [0.717, 1.165) is 17.2 Å². The Morgan fingerprint density at radius 3 is 2.20 bits per heavy atom. The molecule has 3 aromatic carbocycles. The summed E-state index contributed by atoms with van der Waals surface area (Å²) in [6.07, 6.45) is 0. The lowest BCUT2D eigenvalue weighted by Crippen LogP contribution is -2.09. The lowest BCUT2D eigenvalue weighted by atomic mass is 10.1. The van der Waals surface area contributed by atoms with Crippen LogP contribution >= 0.6 is 11.6 Å². The maximum atomic E-state index is 12.2. The molecule has 3 aromatic rings. The van der Waals surface area contributed by atoms with E-state index in [1.165, 1.54) is 12.1 Å². The Morgan fingerprint density at radius 1 is 0.920 bits per heavy atom. The minimum absolute atomic E-state index is 0.0528. The first kappa shape index (κ1) is 16.7. The quantitative estimate of drug-likeness (QED) is 0.282. The number of carbonyl (C=O) groups is 1. The van der Waals surface area contributed by atoms with Crippen molar-refractivity contribution < 1.29 is 14.5 Å². The number of esters is 1. The predicted octanol–water partition coefficient (Wildman–Crippen LogP) is 5.13. The molecule has 0 aromatic heterocycles. The molecule has 124 valence electrons. The summed E-state index contributed by atoms with van der Waals surface area (Å²) in [5.41, 5.74) is 1.75. The molecule has 0 heterocycles. The van der Waals surface area contributed by atoms with Crippen LogP contribution in [0.15, 0.2) is 72.8 Å². The van der Waals surface area contributed by atoms with Crippen molar-refractivity contribution in [3.05, 3.63) is 93.5 Å².